The smallest absolute Gasteiger partial charge is 0.0651 e. The van der Waals surface area contributed by atoms with Gasteiger partial charge in [0.2, 0.25) is 0 Å². The molecular formula is C28H44O2. The van der Waals surface area contributed by atoms with E-state index in [1.54, 1.807) is 5.57 Å². The highest BCUT2D eigenvalue weighted by molar-refractivity contribution is 5.36. The molecule has 0 radical (unpaired) electrons. The summed E-state index contributed by atoms with van der Waals surface area (Å²) >= 11 is 0. The Morgan fingerprint density at radius 2 is 1.83 bits per heavy atom. The molecule has 0 aliphatic heterocycles. The van der Waals surface area contributed by atoms with Crippen LogP contribution in [0.25, 0.3) is 0 Å². The highest BCUT2D eigenvalue weighted by Crippen LogP contribution is 2.59. The Morgan fingerprint density at radius 1 is 1.10 bits per heavy atom. The minimum absolute atomic E-state index is 0.164. The molecule has 0 bridgehead atoms. The van der Waals surface area contributed by atoms with E-state index in [1.165, 1.54) is 43.3 Å². The maximum Gasteiger partial charge on any atom is 0.0651 e. The van der Waals surface area contributed by atoms with E-state index in [9.17, 15) is 10.2 Å². The third-order valence-corrected chi connectivity index (χ3v) is 8.68. The summed E-state index contributed by atoms with van der Waals surface area (Å²) in [6, 6.07) is 0. The Bertz CT molecular complexity index is 719. The molecule has 3 aliphatic carbocycles. The van der Waals surface area contributed by atoms with Crippen LogP contribution in [0, 0.1) is 29.1 Å². The van der Waals surface area contributed by atoms with Gasteiger partial charge < -0.3 is 10.2 Å². The largest absolute Gasteiger partial charge is 0.393 e. The minimum atomic E-state index is -0.663. The first-order chi connectivity index (χ1) is 14.0. The lowest BCUT2D eigenvalue weighted by Crippen LogP contribution is -2.35. The molecule has 30 heavy (non-hydrogen) atoms. The molecule has 6 atom stereocenters. The van der Waals surface area contributed by atoms with Crippen LogP contribution in [-0.4, -0.2) is 21.9 Å². The predicted octanol–water partition coefficient (Wildman–Crippen LogP) is 6.76. The summed E-state index contributed by atoms with van der Waals surface area (Å²) < 4.78 is 0. The predicted molar refractivity (Wildman–Crippen MR) is 127 cm³/mol. The Hall–Kier alpha value is -1.12. The zero-order valence-corrected chi connectivity index (χ0v) is 20.0. The van der Waals surface area contributed by atoms with Crippen molar-refractivity contribution in [2.45, 2.75) is 97.7 Å². The fourth-order valence-electron chi connectivity index (χ4n) is 6.25. The van der Waals surface area contributed by atoms with Gasteiger partial charge in [-0.05, 0) is 94.0 Å². The summed E-state index contributed by atoms with van der Waals surface area (Å²) in [5.74, 6) is 2.08. The Kier molecular flexibility index (Phi) is 7.19. The van der Waals surface area contributed by atoms with Crippen molar-refractivity contribution in [3.05, 3.63) is 47.6 Å². The molecule has 2 nitrogen and oxygen atoms in total. The zero-order chi connectivity index (χ0) is 22.1. The fraction of sp³-hybridized carbons (Fsp3) is 0.714. The van der Waals surface area contributed by atoms with Gasteiger partial charge in [-0.25, -0.2) is 0 Å². The number of hydrogen-bond donors (Lipinski definition) is 2. The molecule has 0 spiro atoms. The lowest BCUT2D eigenvalue weighted by molar-refractivity contribution is 0.0436. The summed E-state index contributed by atoms with van der Waals surface area (Å²) in [4.78, 5) is 0. The van der Waals surface area contributed by atoms with Gasteiger partial charge in [-0.2, -0.15) is 0 Å². The first-order valence-corrected chi connectivity index (χ1v) is 12.2. The third kappa shape index (κ3) is 5.02. The van der Waals surface area contributed by atoms with Crippen molar-refractivity contribution >= 4 is 0 Å². The standard InChI is InChI=1S/C28H44O2/c1-19-10-14-24(29)18-23(19)13-12-22-8-7-17-28(6)25(15-16-26(22)28)20(2)9-11-21(3)27(4,5)30/h9,11-13,20-21,24-26,29-30H,1,7-8,10,14-18H2,2-6H3/b11-9+,22-12+,23-13-/t20-,21+,24+,25-,26+,28-/m0/s1. The topological polar surface area (TPSA) is 40.5 Å². The summed E-state index contributed by atoms with van der Waals surface area (Å²) in [5, 5.41) is 20.3. The van der Waals surface area contributed by atoms with Crippen LogP contribution in [0.5, 0.6) is 0 Å². The second-order valence-corrected chi connectivity index (χ2v) is 11.2. The van der Waals surface area contributed by atoms with Crippen LogP contribution in [0.2, 0.25) is 0 Å². The van der Waals surface area contributed by atoms with Crippen LogP contribution < -0.4 is 0 Å². The van der Waals surface area contributed by atoms with E-state index in [2.05, 4.69) is 51.7 Å². The molecule has 3 fully saturated rings. The molecule has 168 valence electrons. The van der Waals surface area contributed by atoms with Gasteiger partial charge in [-0.15, -0.1) is 0 Å². The number of fused-ring (bicyclic) bond motifs is 1. The summed E-state index contributed by atoms with van der Waals surface area (Å²) in [5.41, 5.74) is 3.78. The SMILES string of the molecule is C=C1CC[C@@H](O)C/C1=C/C=C1\CCC[C@]2(C)[C@@H]1CC[C@H]2[C@@H](C)/C=C/[C@@H](C)C(C)(C)O. The first kappa shape index (κ1) is 23.5. The maximum absolute atomic E-state index is 10.3. The van der Waals surface area contributed by atoms with Crippen molar-refractivity contribution < 1.29 is 10.2 Å². The van der Waals surface area contributed by atoms with Crippen LogP contribution in [-0.2, 0) is 0 Å². The lowest BCUT2D eigenvalue weighted by atomic mass is 9.61. The molecule has 3 saturated carbocycles. The van der Waals surface area contributed by atoms with Crippen molar-refractivity contribution in [3.63, 3.8) is 0 Å². The van der Waals surface area contributed by atoms with Gasteiger partial charge in [-0.1, -0.05) is 62.8 Å². The maximum atomic E-state index is 10.3. The van der Waals surface area contributed by atoms with Gasteiger partial charge in [0.15, 0.2) is 0 Å². The molecule has 0 saturated heterocycles. The van der Waals surface area contributed by atoms with Gasteiger partial charge in [-0.3, -0.25) is 0 Å². The molecule has 3 aliphatic rings. The Morgan fingerprint density at radius 3 is 2.53 bits per heavy atom. The lowest BCUT2D eigenvalue weighted by Gasteiger charge is -2.44. The first-order valence-electron chi connectivity index (χ1n) is 12.2. The van der Waals surface area contributed by atoms with Gasteiger partial charge in [0, 0.05) is 5.92 Å². The van der Waals surface area contributed by atoms with Crippen LogP contribution in [0.3, 0.4) is 0 Å². The summed E-state index contributed by atoms with van der Waals surface area (Å²) in [6.45, 7) is 15.0. The molecule has 0 aromatic carbocycles. The van der Waals surface area contributed by atoms with Crippen LogP contribution in [0.4, 0.5) is 0 Å². The van der Waals surface area contributed by atoms with Gasteiger partial charge in [0.05, 0.1) is 11.7 Å². The summed E-state index contributed by atoms with van der Waals surface area (Å²) in [7, 11) is 0. The van der Waals surface area contributed by atoms with Gasteiger partial charge >= 0.3 is 0 Å². The highest BCUT2D eigenvalue weighted by Gasteiger charge is 2.50. The van der Waals surface area contributed by atoms with Crippen molar-refractivity contribution in [1.82, 2.24) is 0 Å². The molecule has 0 unspecified atom stereocenters. The molecule has 0 aromatic rings. The molecular weight excluding hydrogens is 368 g/mol. The Balaban J connectivity index is 1.75. The number of hydrogen-bond acceptors (Lipinski definition) is 2. The molecule has 2 heteroatoms. The van der Waals surface area contributed by atoms with Gasteiger partial charge in [0.25, 0.3) is 0 Å². The zero-order valence-electron chi connectivity index (χ0n) is 20.0. The molecule has 0 amide bonds. The molecule has 0 aromatic heterocycles. The second-order valence-electron chi connectivity index (χ2n) is 11.2. The van der Waals surface area contributed by atoms with E-state index < -0.39 is 5.60 Å². The summed E-state index contributed by atoms with van der Waals surface area (Å²) in [6.07, 6.45) is 18.0. The number of aliphatic hydroxyl groups is 2. The average Bonchev–Trinajstić information content (AvgIpc) is 3.03. The average molecular weight is 413 g/mol. The fourth-order valence-corrected chi connectivity index (χ4v) is 6.25. The second kappa shape index (κ2) is 9.17. The van der Waals surface area contributed by atoms with Crippen molar-refractivity contribution in [2.75, 3.05) is 0 Å². The quantitative estimate of drug-likeness (QED) is 0.490. The van der Waals surface area contributed by atoms with Crippen molar-refractivity contribution in [2.24, 2.45) is 29.1 Å². The van der Waals surface area contributed by atoms with E-state index in [4.69, 9.17) is 0 Å². The van der Waals surface area contributed by atoms with Crippen molar-refractivity contribution in [1.29, 1.82) is 0 Å². The van der Waals surface area contributed by atoms with Crippen LogP contribution in [0.15, 0.2) is 47.6 Å². The number of rotatable bonds is 5. The van der Waals surface area contributed by atoms with Crippen LogP contribution >= 0.6 is 0 Å². The van der Waals surface area contributed by atoms with E-state index in [1.807, 2.05) is 13.8 Å². The highest BCUT2D eigenvalue weighted by atomic mass is 16.3. The van der Waals surface area contributed by atoms with E-state index in [-0.39, 0.29) is 12.0 Å². The molecule has 0 heterocycles. The molecule has 3 rings (SSSR count). The van der Waals surface area contributed by atoms with E-state index in [0.29, 0.717) is 23.2 Å². The monoisotopic (exact) mass is 412 g/mol. The molecule has 2 N–H and O–H groups in total. The Labute approximate surface area is 184 Å². The van der Waals surface area contributed by atoms with Crippen molar-refractivity contribution in [3.8, 4) is 0 Å². The normalized spacial score (nSPS) is 37.7. The third-order valence-electron chi connectivity index (χ3n) is 8.68. The number of aliphatic hydroxyl groups excluding tert-OH is 1. The minimum Gasteiger partial charge on any atom is -0.393 e. The van der Waals surface area contributed by atoms with E-state index >= 15 is 0 Å². The van der Waals surface area contributed by atoms with Gasteiger partial charge in [0.1, 0.15) is 0 Å². The number of allylic oxidation sites excluding steroid dienone is 5. The van der Waals surface area contributed by atoms with E-state index in [0.717, 1.165) is 19.3 Å². The van der Waals surface area contributed by atoms with Crippen LogP contribution in [0.1, 0.15) is 86.0 Å².